The second kappa shape index (κ2) is 7.21. The number of aliphatic hydroxyl groups is 1. The van der Waals surface area contributed by atoms with Gasteiger partial charge in [0.1, 0.15) is 0 Å². The molecule has 1 heterocycles. The molecule has 0 amide bonds. The van der Waals surface area contributed by atoms with E-state index in [1.807, 2.05) is 0 Å². The van der Waals surface area contributed by atoms with Gasteiger partial charge in [-0.15, -0.1) is 0 Å². The number of aliphatic hydroxyl groups excluding tert-OH is 1. The molecule has 1 fully saturated rings. The van der Waals surface area contributed by atoms with Crippen LogP contribution in [0.15, 0.2) is 0 Å². The van der Waals surface area contributed by atoms with Crippen LogP contribution in [-0.2, 0) is 9.47 Å². The van der Waals surface area contributed by atoms with Crippen LogP contribution in [0.2, 0.25) is 0 Å². The van der Waals surface area contributed by atoms with E-state index in [2.05, 4.69) is 6.92 Å². The minimum absolute atomic E-state index is 0.0212. The van der Waals surface area contributed by atoms with E-state index >= 15 is 0 Å². The van der Waals surface area contributed by atoms with Crippen LogP contribution in [0.5, 0.6) is 0 Å². The van der Waals surface area contributed by atoms with Crippen LogP contribution in [0.25, 0.3) is 0 Å². The lowest BCUT2D eigenvalue weighted by Crippen LogP contribution is -2.26. The van der Waals surface area contributed by atoms with E-state index in [-0.39, 0.29) is 19.0 Å². The Morgan fingerprint density at radius 3 is 2.93 bits per heavy atom. The SMILES string of the molecule is C[C@@H](CCCCO)OC1CCCCO1. The Morgan fingerprint density at radius 2 is 2.29 bits per heavy atom. The molecular formula is C11H22O3. The lowest BCUT2D eigenvalue weighted by Gasteiger charge is -2.26. The number of ether oxygens (including phenoxy) is 2. The van der Waals surface area contributed by atoms with Crippen molar-refractivity contribution in [3.63, 3.8) is 0 Å². The molecule has 0 saturated carbocycles. The topological polar surface area (TPSA) is 38.7 Å². The van der Waals surface area contributed by atoms with Gasteiger partial charge in [0.25, 0.3) is 0 Å². The molecule has 1 rings (SSSR count). The van der Waals surface area contributed by atoms with Gasteiger partial charge < -0.3 is 14.6 Å². The van der Waals surface area contributed by atoms with Crippen LogP contribution in [0, 0.1) is 0 Å². The van der Waals surface area contributed by atoms with Gasteiger partial charge >= 0.3 is 0 Å². The number of unbranched alkanes of at least 4 members (excludes halogenated alkanes) is 1. The summed E-state index contributed by atoms with van der Waals surface area (Å²) < 4.78 is 11.2. The highest BCUT2D eigenvalue weighted by Crippen LogP contribution is 2.17. The van der Waals surface area contributed by atoms with Crippen molar-refractivity contribution in [1.82, 2.24) is 0 Å². The largest absolute Gasteiger partial charge is 0.396 e. The quantitative estimate of drug-likeness (QED) is 0.670. The van der Waals surface area contributed by atoms with Crippen LogP contribution in [0.1, 0.15) is 45.4 Å². The third kappa shape index (κ3) is 4.94. The molecule has 0 aliphatic carbocycles. The van der Waals surface area contributed by atoms with E-state index in [4.69, 9.17) is 14.6 Å². The van der Waals surface area contributed by atoms with Gasteiger partial charge in [0.2, 0.25) is 0 Å². The van der Waals surface area contributed by atoms with Crippen LogP contribution in [0.3, 0.4) is 0 Å². The number of hydrogen-bond donors (Lipinski definition) is 1. The molecule has 3 heteroatoms. The van der Waals surface area contributed by atoms with Crippen LogP contribution in [-0.4, -0.2) is 30.7 Å². The van der Waals surface area contributed by atoms with Gasteiger partial charge in [0.05, 0.1) is 6.10 Å². The van der Waals surface area contributed by atoms with Crippen molar-refractivity contribution >= 4 is 0 Å². The molecule has 14 heavy (non-hydrogen) atoms. The highest BCUT2D eigenvalue weighted by Gasteiger charge is 2.16. The maximum absolute atomic E-state index is 8.64. The zero-order valence-electron chi connectivity index (χ0n) is 9.08. The molecule has 1 aliphatic heterocycles. The normalized spacial score (nSPS) is 24.9. The van der Waals surface area contributed by atoms with Gasteiger partial charge in [-0.25, -0.2) is 0 Å². The molecule has 0 aromatic carbocycles. The average Bonchev–Trinajstić information content (AvgIpc) is 2.20. The summed E-state index contributed by atoms with van der Waals surface area (Å²) in [7, 11) is 0. The number of rotatable bonds is 6. The first kappa shape index (κ1) is 12.0. The third-order valence-electron chi connectivity index (χ3n) is 2.54. The molecule has 1 unspecified atom stereocenters. The molecule has 0 aromatic rings. The highest BCUT2D eigenvalue weighted by atomic mass is 16.7. The minimum Gasteiger partial charge on any atom is -0.396 e. The summed E-state index contributed by atoms with van der Waals surface area (Å²) in [6.45, 7) is 3.20. The zero-order valence-corrected chi connectivity index (χ0v) is 9.08. The van der Waals surface area contributed by atoms with Crippen molar-refractivity contribution in [2.75, 3.05) is 13.2 Å². The van der Waals surface area contributed by atoms with Crippen molar-refractivity contribution < 1.29 is 14.6 Å². The van der Waals surface area contributed by atoms with Gasteiger partial charge in [-0.1, -0.05) is 0 Å². The first-order valence-corrected chi connectivity index (χ1v) is 5.71. The summed E-state index contributed by atoms with van der Waals surface area (Å²) >= 11 is 0. The minimum atomic E-state index is 0.0212. The molecule has 0 radical (unpaired) electrons. The van der Waals surface area contributed by atoms with Crippen molar-refractivity contribution in [2.24, 2.45) is 0 Å². The maximum atomic E-state index is 8.64. The number of hydrogen-bond acceptors (Lipinski definition) is 3. The Kier molecular flexibility index (Phi) is 6.15. The average molecular weight is 202 g/mol. The fourth-order valence-electron chi connectivity index (χ4n) is 1.69. The molecule has 1 saturated heterocycles. The summed E-state index contributed by atoms with van der Waals surface area (Å²) in [6, 6.07) is 0. The van der Waals surface area contributed by atoms with E-state index in [9.17, 15) is 0 Å². The first-order valence-electron chi connectivity index (χ1n) is 5.71. The summed E-state index contributed by atoms with van der Waals surface area (Å²) in [5.74, 6) is 0. The molecule has 3 nitrogen and oxygen atoms in total. The summed E-state index contributed by atoms with van der Waals surface area (Å²) in [4.78, 5) is 0. The summed E-state index contributed by atoms with van der Waals surface area (Å²) in [5, 5.41) is 8.64. The van der Waals surface area contributed by atoms with Crippen molar-refractivity contribution in [3.05, 3.63) is 0 Å². The Labute approximate surface area is 86.4 Å². The second-order valence-electron chi connectivity index (χ2n) is 3.96. The molecule has 2 atom stereocenters. The highest BCUT2D eigenvalue weighted by molar-refractivity contribution is 4.58. The Balaban J connectivity index is 2.03. The Hall–Kier alpha value is -0.120. The molecule has 0 aromatic heterocycles. The second-order valence-corrected chi connectivity index (χ2v) is 3.96. The van der Waals surface area contributed by atoms with Crippen LogP contribution >= 0.6 is 0 Å². The fraction of sp³-hybridized carbons (Fsp3) is 1.00. The van der Waals surface area contributed by atoms with E-state index in [1.54, 1.807) is 0 Å². The molecule has 84 valence electrons. The van der Waals surface area contributed by atoms with Crippen molar-refractivity contribution in [3.8, 4) is 0 Å². The first-order chi connectivity index (χ1) is 6.83. The smallest absolute Gasteiger partial charge is 0.157 e. The van der Waals surface area contributed by atoms with E-state index < -0.39 is 0 Å². The Bertz CT molecular complexity index is 132. The standard InChI is InChI=1S/C11H22O3/c1-10(6-2-4-8-12)14-11-7-3-5-9-13-11/h10-12H,2-9H2,1H3/t10-,11?/m0/s1. The van der Waals surface area contributed by atoms with Gasteiger partial charge in [-0.3, -0.25) is 0 Å². The molecule has 1 aliphatic rings. The maximum Gasteiger partial charge on any atom is 0.157 e. The van der Waals surface area contributed by atoms with Gasteiger partial charge in [-0.2, -0.15) is 0 Å². The van der Waals surface area contributed by atoms with Gasteiger partial charge in [0, 0.05) is 13.2 Å². The Morgan fingerprint density at radius 1 is 1.43 bits per heavy atom. The monoisotopic (exact) mass is 202 g/mol. The predicted molar refractivity (Wildman–Crippen MR) is 55.1 cm³/mol. The van der Waals surface area contributed by atoms with Crippen LogP contribution < -0.4 is 0 Å². The summed E-state index contributed by atoms with van der Waals surface area (Å²) in [6.07, 6.45) is 6.61. The predicted octanol–water partition coefficient (Wildman–Crippen LogP) is 2.08. The van der Waals surface area contributed by atoms with Crippen LogP contribution in [0.4, 0.5) is 0 Å². The fourth-order valence-corrected chi connectivity index (χ4v) is 1.69. The zero-order chi connectivity index (χ0) is 10.2. The molecule has 0 bridgehead atoms. The van der Waals surface area contributed by atoms with E-state index in [0.29, 0.717) is 0 Å². The van der Waals surface area contributed by atoms with Gasteiger partial charge in [-0.05, 0) is 45.4 Å². The third-order valence-corrected chi connectivity index (χ3v) is 2.54. The molecule has 0 spiro atoms. The molecular weight excluding hydrogens is 180 g/mol. The summed E-state index contributed by atoms with van der Waals surface area (Å²) in [5.41, 5.74) is 0. The van der Waals surface area contributed by atoms with Crippen molar-refractivity contribution in [1.29, 1.82) is 0 Å². The lowest BCUT2D eigenvalue weighted by molar-refractivity contribution is -0.185. The van der Waals surface area contributed by atoms with E-state index in [1.165, 1.54) is 12.8 Å². The van der Waals surface area contributed by atoms with E-state index in [0.717, 1.165) is 32.3 Å². The van der Waals surface area contributed by atoms with Crippen molar-refractivity contribution in [2.45, 2.75) is 57.8 Å². The van der Waals surface area contributed by atoms with Gasteiger partial charge in [0.15, 0.2) is 6.29 Å². The lowest BCUT2D eigenvalue weighted by atomic mass is 10.1. The molecule has 1 N–H and O–H groups in total.